The fourth-order valence-corrected chi connectivity index (χ4v) is 2.71. The van der Waals surface area contributed by atoms with E-state index in [0.29, 0.717) is 12.8 Å². The molecule has 9 heteroatoms. The zero-order chi connectivity index (χ0) is 18.6. The molecule has 0 fully saturated rings. The van der Waals surface area contributed by atoms with Crippen molar-refractivity contribution < 1.29 is 39.0 Å². The van der Waals surface area contributed by atoms with Crippen LogP contribution in [0.2, 0.25) is 0 Å². The summed E-state index contributed by atoms with van der Waals surface area (Å²) in [6.45, 7) is 0. The fourth-order valence-electron chi connectivity index (χ4n) is 2.31. The lowest BCUT2D eigenvalue weighted by atomic mass is 10.0. The zero-order valence-electron chi connectivity index (χ0n) is 13.0. The van der Waals surface area contributed by atoms with Crippen LogP contribution in [-0.4, -0.2) is 30.9 Å². The summed E-state index contributed by atoms with van der Waals surface area (Å²) >= 11 is 0. The van der Waals surface area contributed by atoms with E-state index in [1.807, 2.05) is 0 Å². The molecular weight excluding hydrogens is 351 g/mol. The molecule has 0 radical (unpaired) electrons. The first kappa shape index (κ1) is 18.8. The number of phenolic OH excluding ortho intramolecular Hbond substituents is 3. The molecule has 5 N–H and O–H groups in total. The van der Waals surface area contributed by atoms with Crippen LogP contribution in [0, 0.1) is 0 Å². The highest BCUT2D eigenvalue weighted by atomic mass is 31.2. The van der Waals surface area contributed by atoms with Crippen LogP contribution in [0.4, 0.5) is 0 Å². The minimum Gasteiger partial charge on any atom is -0.508 e. The molecule has 8 nitrogen and oxygen atoms in total. The van der Waals surface area contributed by atoms with Crippen LogP contribution in [0.15, 0.2) is 36.4 Å². The number of rotatable bonds is 7. The topological polar surface area (TPSA) is 145 Å². The van der Waals surface area contributed by atoms with Gasteiger partial charge in [0.1, 0.15) is 28.6 Å². The molecule has 25 heavy (non-hydrogen) atoms. The highest BCUT2D eigenvalue weighted by Gasteiger charge is 2.25. The molecule has 2 aromatic rings. The highest BCUT2D eigenvalue weighted by Crippen LogP contribution is 2.43. The van der Waals surface area contributed by atoms with Crippen molar-refractivity contribution >= 4 is 13.6 Å². The number of Topliss-reactive ketones (excluding diaryl/α,β-unsaturated/α-hetero) is 1. The SMILES string of the molecule is O=C(CCCc1ccc(O)cc1)c1c(O)cc(O)cc1OP(=O)(O)O. The van der Waals surface area contributed by atoms with Crippen molar-refractivity contribution in [3.05, 3.63) is 47.5 Å². The van der Waals surface area contributed by atoms with E-state index in [4.69, 9.17) is 9.79 Å². The molecule has 2 rings (SSSR count). The van der Waals surface area contributed by atoms with Gasteiger partial charge in [0.05, 0.1) is 0 Å². The molecule has 0 saturated heterocycles. The normalized spacial score (nSPS) is 11.3. The zero-order valence-corrected chi connectivity index (χ0v) is 13.9. The van der Waals surface area contributed by atoms with Gasteiger partial charge in [-0.2, -0.15) is 0 Å². The van der Waals surface area contributed by atoms with Crippen molar-refractivity contribution in [1.29, 1.82) is 0 Å². The second-order valence-electron chi connectivity index (χ2n) is 5.36. The van der Waals surface area contributed by atoms with Gasteiger partial charge < -0.3 is 19.8 Å². The van der Waals surface area contributed by atoms with E-state index >= 15 is 0 Å². The van der Waals surface area contributed by atoms with E-state index in [1.54, 1.807) is 12.1 Å². The lowest BCUT2D eigenvalue weighted by Crippen LogP contribution is -2.04. The van der Waals surface area contributed by atoms with Crippen LogP contribution in [-0.2, 0) is 11.0 Å². The molecule has 0 unspecified atom stereocenters. The van der Waals surface area contributed by atoms with Gasteiger partial charge in [-0.3, -0.25) is 14.6 Å². The number of aryl methyl sites for hydroxylation is 1. The first-order chi connectivity index (χ1) is 11.7. The van der Waals surface area contributed by atoms with E-state index in [-0.39, 0.29) is 12.2 Å². The van der Waals surface area contributed by atoms with E-state index in [1.165, 1.54) is 12.1 Å². The second-order valence-corrected chi connectivity index (χ2v) is 6.53. The van der Waals surface area contributed by atoms with Gasteiger partial charge >= 0.3 is 7.82 Å². The standard InChI is InChI=1S/C16H17O8P/c17-11-6-4-10(5-7-11)2-1-3-13(19)16-14(20)8-12(18)9-15(16)24-25(21,22)23/h4-9,17-18,20H,1-3H2,(H2,21,22,23). The number of hydrogen-bond donors (Lipinski definition) is 5. The van der Waals surface area contributed by atoms with E-state index in [9.17, 15) is 24.7 Å². The predicted octanol–water partition coefficient (Wildman–Crippen LogP) is 2.48. The molecule has 0 aromatic heterocycles. The lowest BCUT2D eigenvalue weighted by molar-refractivity contribution is 0.0975. The quantitative estimate of drug-likeness (QED) is 0.370. The summed E-state index contributed by atoms with van der Waals surface area (Å²) in [7, 11) is -4.97. The third-order valence-corrected chi connectivity index (χ3v) is 3.80. The molecular formula is C16H17O8P. The van der Waals surface area contributed by atoms with Crippen LogP contribution in [0.5, 0.6) is 23.0 Å². The van der Waals surface area contributed by atoms with E-state index in [0.717, 1.165) is 17.7 Å². The van der Waals surface area contributed by atoms with Gasteiger partial charge in [-0.05, 0) is 30.5 Å². The summed E-state index contributed by atoms with van der Waals surface area (Å²) in [6.07, 6.45) is 0.912. The summed E-state index contributed by atoms with van der Waals surface area (Å²) in [5.74, 6) is -2.16. The van der Waals surface area contributed by atoms with Crippen molar-refractivity contribution in [2.24, 2.45) is 0 Å². The van der Waals surface area contributed by atoms with Gasteiger partial charge in [-0.15, -0.1) is 0 Å². The first-order valence-corrected chi connectivity index (χ1v) is 8.81. The van der Waals surface area contributed by atoms with Crippen LogP contribution in [0.25, 0.3) is 0 Å². The van der Waals surface area contributed by atoms with Gasteiger partial charge in [-0.25, -0.2) is 4.57 Å². The second kappa shape index (κ2) is 7.57. The molecule has 0 aliphatic rings. The van der Waals surface area contributed by atoms with Gasteiger partial charge in [-0.1, -0.05) is 12.1 Å². The molecule has 0 amide bonds. The van der Waals surface area contributed by atoms with Crippen molar-refractivity contribution in [3.63, 3.8) is 0 Å². The molecule has 134 valence electrons. The van der Waals surface area contributed by atoms with Gasteiger partial charge in [0.2, 0.25) is 0 Å². The molecule has 0 atom stereocenters. The number of phenols is 3. The van der Waals surface area contributed by atoms with Crippen LogP contribution >= 0.6 is 7.82 Å². The Hall–Kier alpha value is -2.54. The number of phosphoric acid groups is 1. The maximum absolute atomic E-state index is 12.3. The summed E-state index contributed by atoms with van der Waals surface area (Å²) in [4.78, 5) is 30.1. The molecule has 0 saturated carbocycles. The average Bonchev–Trinajstić information content (AvgIpc) is 2.46. The van der Waals surface area contributed by atoms with Crippen LogP contribution in [0.1, 0.15) is 28.8 Å². The number of ketones is 1. The molecule has 0 aliphatic heterocycles. The minimum absolute atomic E-state index is 0.0171. The van der Waals surface area contributed by atoms with Gasteiger partial charge in [0.15, 0.2) is 5.78 Å². The monoisotopic (exact) mass is 368 g/mol. The van der Waals surface area contributed by atoms with E-state index < -0.39 is 36.4 Å². The smallest absolute Gasteiger partial charge is 0.508 e. The molecule has 0 aliphatic carbocycles. The number of phosphoric ester groups is 1. The third kappa shape index (κ3) is 5.49. The predicted molar refractivity (Wildman–Crippen MR) is 87.8 cm³/mol. The largest absolute Gasteiger partial charge is 0.524 e. The average molecular weight is 368 g/mol. The van der Waals surface area contributed by atoms with Gasteiger partial charge in [0.25, 0.3) is 0 Å². The Kier molecular flexibility index (Phi) is 5.69. The Balaban J connectivity index is 2.12. The van der Waals surface area contributed by atoms with Crippen molar-refractivity contribution in [2.75, 3.05) is 0 Å². The number of carbonyl (C=O) groups excluding carboxylic acids is 1. The minimum atomic E-state index is -4.97. The molecule has 0 bridgehead atoms. The first-order valence-electron chi connectivity index (χ1n) is 7.28. The number of aromatic hydroxyl groups is 3. The Morgan fingerprint density at radius 1 is 1.00 bits per heavy atom. The van der Waals surface area contributed by atoms with Crippen molar-refractivity contribution in [1.82, 2.24) is 0 Å². The van der Waals surface area contributed by atoms with Gasteiger partial charge in [0, 0.05) is 18.6 Å². The lowest BCUT2D eigenvalue weighted by Gasteiger charge is -2.13. The van der Waals surface area contributed by atoms with Crippen LogP contribution < -0.4 is 4.52 Å². The number of hydrogen-bond acceptors (Lipinski definition) is 6. The summed E-state index contributed by atoms with van der Waals surface area (Å²) in [5, 5.41) is 28.5. The van der Waals surface area contributed by atoms with Crippen molar-refractivity contribution in [2.45, 2.75) is 19.3 Å². The highest BCUT2D eigenvalue weighted by molar-refractivity contribution is 7.46. The molecule has 0 heterocycles. The number of benzene rings is 2. The summed E-state index contributed by atoms with van der Waals surface area (Å²) in [6, 6.07) is 8.20. The summed E-state index contributed by atoms with van der Waals surface area (Å²) < 4.78 is 15.4. The molecule has 0 spiro atoms. The van der Waals surface area contributed by atoms with Crippen molar-refractivity contribution in [3.8, 4) is 23.0 Å². The fraction of sp³-hybridized carbons (Fsp3) is 0.188. The Bertz CT molecular complexity index is 810. The Morgan fingerprint density at radius 2 is 1.64 bits per heavy atom. The molecule has 2 aromatic carbocycles. The Labute approximate surface area is 143 Å². The third-order valence-electron chi connectivity index (χ3n) is 3.37. The van der Waals surface area contributed by atoms with E-state index in [2.05, 4.69) is 4.52 Å². The summed E-state index contributed by atoms with van der Waals surface area (Å²) in [5.41, 5.74) is 0.499. The van der Waals surface area contributed by atoms with Crippen LogP contribution in [0.3, 0.4) is 0 Å². The maximum atomic E-state index is 12.3. The Morgan fingerprint density at radius 3 is 2.24 bits per heavy atom. The maximum Gasteiger partial charge on any atom is 0.524 e. The number of carbonyl (C=O) groups is 1.